The van der Waals surface area contributed by atoms with Crippen LogP contribution >= 0.6 is 11.6 Å². The Balaban J connectivity index is 1.51. The van der Waals surface area contributed by atoms with Crippen LogP contribution in [0.3, 0.4) is 0 Å². The summed E-state index contributed by atoms with van der Waals surface area (Å²) < 4.78 is 39.1. The van der Waals surface area contributed by atoms with E-state index in [0.29, 0.717) is 41.8 Å². The normalized spacial score (nSPS) is 12.8. The number of benzene rings is 3. The highest BCUT2D eigenvalue weighted by molar-refractivity contribution is 7.92. The third-order valence-corrected chi connectivity index (χ3v) is 6.65. The highest BCUT2D eigenvalue weighted by atomic mass is 35.5. The lowest BCUT2D eigenvalue weighted by Gasteiger charge is -2.19. The Morgan fingerprint density at radius 2 is 1.75 bits per heavy atom. The zero-order valence-electron chi connectivity index (χ0n) is 17.2. The number of halogens is 1. The van der Waals surface area contributed by atoms with Crippen LogP contribution in [0, 0.1) is 0 Å². The second-order valence-electron chi connectivity index (χ2n) is 7.24. The molecule has 3 aromatic rings. The van der Waals surface area contributed by atoms with Gasteiger partial charge in [-0.25, -0.2) is 8.42 Å². The molecular formula is C23H21ClN2O5S. The first-order valence-electron chi connectivity index (χ1n) is 9.85. The monoisotopic (exact) mass is 472 g/mol. The molecule has 4 rings (SSSR count). The summed E-state index contributed by atoms with van der Waals surface area (Å²) in [6, 6.07) is 18.1. The van der Waals surface area contributed by atoms with Crippen molar-refractivity contribution in [2.45, 2.75) is 11.4 Å². The highest BCUT2D eigenvalue weighted by Gasteiger charge is 2.20. The molecule has 1 amide bonds. The lowest BCUT2D eigenvalue weighted by atomic mass is 10.1. The molecule has 9 heteroatoms. The van der Waals surface area contributed by atoms with Crippen LogP contribution in [0.1, 0.15) is 15.9 Å². The van der Waals surface area contributed by atoms with E-state index >= 15 is 0 Å². The van der Waals surface area contributed by atoms with Crippen LogP contribution in [0.25, 0.3) is 0 Å². The van der Waals surface area contributed by atoms with Crippen molar-refractivity contribution >= 4 is 33.2 Å². The van der Waals surface area contributed by atoms with Gasteiger partial charge >= 0.3 is 0 Å². The fourth-order valence-electron chi connectivity index (χ4n) is 3.29. The first-order chi connectivity index (χ1) is 15.3. The molecule has 0 aromatic heterocycles. The van der Waals surface area contributed by atoms with Crippen molar-refractivity contribution in [3.05, 3.63) is 82.9 Å². The standard InChI is InChI=1S/C23H21ClN2O5S/c1-26(15-17-5-2-3-8-20(17)24)23(27)16-6-4-7-18(13-16)25-32(28,29)19-9-10-21-22(14-19)31-12-11-30-21/h2-10,13-14,25H,11-12,15H2,1H3. The van der Waals surface area contributed by atoms with Gasteiger partial charge < -0.3 is 14.4 Å². The third-order valence-electron chi connectivity index (χ3n) is 4.90. The Bertz CT molecular complexity index is 1260. The van der Waals surface area contributed by atoms with Gasteiger partial charge in [-0.1, -0.05) is 35.9 Å². The minimum absolute atomic E-state index is 0.0364. The van der Waals surface area contributed by atoms with E-state index in [0.717, 1.165) is 5.56 Å². The fourth-order valence-corrected chi connectivity index (χ4v) is 4.55. The molecule has 0 saturated carbocycles. The van der Waals surface area contributed by atoms with Crippen LogP contribution in [0.4, 0.5) is 5.69 Å². The van der Waals surface area contributed by atoms with Crippen molar-refractivity contribution in [3.63, 3.8) is 0 Å². The SMILES string of the molecule is CN(Cc1ccccc1Cl)C(=O)c1cccc(NS(=O)(=O)c2ccc3c(c2)OCCO3)c1. The van der Waals surface area contributed by atoms with Gasteiger partial charge in [-0.3, -0.25) is 9.52 Å². The highest BCUT2D eigenvalue weighted by Crippen LogP contribution is 2.32. The van der Waals surface area contributed by atoms with Crippen molar-refractivity contribution in [2.24, 2.45) is 0 Å². The maximum atomic E-state index is 12.9. The second kappa shape index (κ2) is 9.10. The first-order valence-corrected chi connectivity index (χ1v) is 11.7. The number of hydrogen-bond acceptors (Lipinski definition) is 5. The minimum atomic E-state index is -3.89. The quantitative estimate of drug-likeness (QED) is 0.581. The largest absolute Gasteiger partial charge is 0.486 e. The molecular weight excluding hydrogens is 452 g/mol. The van der Waals surface area contributed by atoms with Gasteiger partial charge in [0.25, 0.3) is 15.9 Å². The number of nitrogens with zero attached hydrogens (tertiary/aromatic N) is 1. The summed E-state index contributed by atoms with van der Waals surface area (Å²) in [5.41, 5.74) is 1.44. The number of fused-ring (bicyclic) bond motifs is 1. The number of hydrogen-bond donors (Lipinski definition) is 1. The Morgan fingerprint density at radius 3 is 2.53 bits per heavy atom. The zero-order chi connectivity index (χ0) is 22.7. The number of carbonyl (C=O) groups is 1. The number of amides is 1. The number of sulfonamides is 1. The molecule has 0 atom stereocenters. The van der Waals surface area contributed by atoms with E-state index in [4.69, 9.17) is 21.1 Å². The van der Waals surface area contributed by atoms with Crippen LogP contribution in [-0.4, -0.2) is 39.5 Å². The molecule has 0 bridgehead atoms. The molecule has 0 spiro atoms. The Morgan fingerprint density at radius 1 is 1.00 bits per heavy atom. The van der Waals surface area contributed by atoms with Gasteiger partial charge in [-0.05, 0) is 42.0 Å². The molecule has 0 saturated heterocycles. The van der Waals surface area contributed by atoms with Crippen LogP contribution in [0.15, 0.2) is 71.6 Å². The van der Waals surface area contributed by atoms with Crippen molar-refractivity contribution in [1.82, 2.24) is 4.90 Å². The Labute approximate surface area is 191 Å². The topological polar surface area (TPSA) is 84.9 Å². The van der Waals surface area contributed by atoms with Crippen molar-refractivity contribution in [2.75, 3.05) is 25.0 Å². The van der Waals surface area contributed by atoms with Gasteiger partial charge in [0.05, 0.1) is 4.90 Å². The number of nitrogens with one attached hydrogen (secondary N) is 1. The van der Waals surface area contributed by atoms with Crippen LogP contribution < -0.4 is 14.2 Å². The lowest BCUT2D eigenvalue weighted by Crippen LogP contribution is -2.26. The van der Waals surface area contributed by atoms with Gasteiger partial charge in [0.2, 0.25) is 0 Å². The molecule has 1 aliphatic rings. The van der Waals surface area contributed by atoms with E-state index in [1.165, 1.54) is 23.1 Å². The fraction of sp³-hybridized carbons (Fsp3) is 0.174. The van der Waals surface area contributed by atoms with Crippen molar-refractivity contribution < 1.29 is 22.7 Å². The van der Waals surface area contributed by atoms with Gasteiger partial charge in [-0.2, -0.15) is 0 Å². The van der Waals surface area contributed by atoms with Gasteiger partial charge in [-0.15, -0.1) is 0 Å². The molecule has 7 nitrogen and oxygen atoms in total. The number of rotatable bonds is 6. The van der Waals surface area contributed by atoms with E-state index in [1.54, 1.807) is 37.4 Å². The van der Waals surface area contributed by atoms with Crippen LogP contribution in [0.2, 0.25) is 5.02 Å². The van der Waals surface area contributed by atoms with Crippen LogP contribution in [0.5, 0.6) is 11.5 Å². The molecule has 1 aliphatic heterocycles. The molecule has 1 N–H and O–H groups in total. The minimum Gasteiger partial charge on any atom is -0.486 e. The maximum absolute atomic E-state index is 12.9. The zero-order valence-corrected chi connectivity index (χ0v) is 18.8. The molecule has 0 aliphatic carbocycles. The summed E-state index contributed by atoms with van der Waals surface area (Å²) in [6.45, 7) is 1.10. The first kappa shape index (κ1) is 22.0. The van der Waals surface area contributed by atoms with E-state index in [1.807, 2.05) is 18.2 Å². The summed E-state index contributed by atoms with van der Waals surface area (Å²) in [5.74, 6) is 0.624. The summed E-state index contributed by atoms with van der Waals surface area (Å²) in [5, 5.41) is 0.577. The summed E-state index contributed by atoms with van der Waals surface area (Å²) >= 11 is 6.19. The van der Waals surface area contributed by atoms with E-state index < -0.39 is 10.0 Å². The summed E-state index contributed by atoms with van der Waals surface area (Å²) in [7, 11) is -2.23. The molecule has 1 heterocycles. The van der Waals surface area contributed by atoms with Gasteiger partial charge in [0, 0.05) is 35.9 Å². The van der Waals surface area contributed by atoms with E-state index in [2.05, 4.69) is 4.72 Å². The lowest BCUT2D eigenvalue weighted by molar-refractivity contribution is 0.0785. The smallest absolute Gasteiger partial charge is 0.262 e. The molecule has 0 fully saturated rings. The third kappa shape index (κ3) is 4.81. The number of anilines is 1. The molecule has 0 unspecified atom stereocenters. The molecule has 32 heavy (non-hydrogen) atoms. The van der Waals surface area contributed by atoms with E-state index in [9.17, 15) is 13.2 Å². The second-order valence-corrected chi connectivity index (χ2v) is 9.33. The summed E-state index contributed by atoms with van der Waals surface area (Å²) in [4.78, 5) is 14.4. The Kier molecular flexibility index (Phi) is 6.25. The summed E-state index contributed by atoms with van der Waals surface area (Å²) in [6.07, 6.45) is 0. The van der Waals surface area contributed by atoms with Crippen molar-refractivity contribution in [3.8, 4) is 11.5 Å². The van der Waals surface area contributed by atoms with Crippen molar-refractivity contribution in [1.29, 1.82) is 0 Å². The Hall–Kier alpha value is -3.23. The maximum Gasteiger partial charge on any atom is 0.262 e. The van der Waals surface area contributed by atoms with Crippen LogP contribution in [-0.2, 0) is 16.6 Å². The number of carbonyl (C=O) groups excluding carboxylic acids is 1. The van der Waals surface area contributed by atoms with Gasteiger partial charge in [0.1, 0.15) is 13.2 Å². The predicted octanol–water partition coefficient (Wildman–Crippen LogP) is 4.18. The molecule has 3 aromatic carbocycles. The molecule has 0 radical (unpaired) electrons. The van der Waals surface area contributed by atoms with E-state index in [-0.39, 0.29) is 16.5 Å². The number of ether oxygens (including phenoxy) is 2. The average molecular weight is 473 g/mol. The average Bonchev–Trinajstić information content (AvgIpc) is 2.79. The molecule has 166 valence electrons. The van der Waals surface area contributed by atoms with Gasteiger partial charge in [0.15, 0.2) is 11.5 Å². The predicted molar refractivity (Wildman–Crippen MR) is 122 cm³/mol.